The van der Waals surface area contributed by atoms with Crippen LogP contribution in [-0.4, -0.2) is 42.7 Å². The minimum atomic E-state index is -0.381. The molecule has 1 aromatic heterocycles. The molecule has 6 nitrogen and oxygen atoms in total. The normalized spacial score (nSPS) is 19.5. The molecule has 104 valence electrons. The first-order valence-corrected chi connectivity index (χ1v) is 6.45. The number of hydrogen-bond donors (Lipinski definition) is 2. The van der Waals surface area contributed by atoms with Gasteiger partial charge in [0.1, 0.15) is 6.04 Å². The van der Waals surface area contributed by atoms with Crippen LogP contribution in [0.1, 0.15) is 13.8 Å². The summed E-state index contributed by atoms with van der Waals surface area (Å²) in [7, 11) is 0. The van der Waals surface area contributed by atoms with Gasteiger partial charge < -0.3 is 20.7 Å². The van der Waals surface area contributed by atoms with Crippen LogP contribution in [0, 0.1) is 0 Å². The van der Waals surface area contributed by atoms with Crippen molar-refractivity contribution in [3.8, 4) is 0 Å². The van der Waals surface area contributed by atoms with Crippen molar-refractivity contribution in [1.29, 1.82) is 0 Å². The van der Waals surface area contributed by atoms with E-state index >= 15 is 0 Å². The molecular weight excluding hydrogens is 244 g/mol. The minimum Gasteiger partial charge on any atom is -0.396 e. The number of ether oxygens (including phenoxy) is 1. The zero-order chi connectivity index (χ0) is 13.8. The summed E-state index contributed by atoms with van der Waals surface area (Å²) in [5, 5.41) is 2.90. The lowest BCUT2D eigenvalue weighted by atomic mass is 10.2. The summed E-state index contributed by atoms with van der Waals surface area (Å²) >= 11 is 0. The first kappa shape index (κ1) is 13.6. The fourth-order valence-corrected chi connectivity index (χ4v) is 2.10. The van der Waals surface area contributed by atoms with E-state index in [9.17, 15) is 4.79 Å². The molecule has 1 atom stereocenters. The number of carbonyl (C=O) groups is 1. The van der Waals surface area contributed by atoms with Gasteiger partial charge in [0, 0.05) is 18.8 Å². The molecule has 0 spiro atoms. The molecule has 0 bridgehead atoms. The van der Waals surface area contributed by atoms with Gasteiger partial charge >= 0.3 is 0 Å². The molecule has 6 heteroatoms. The van der Waals surface area contributed by atoms with Gasteiger partial charge in [-0.25, -0.2) is 4.98 Å². The number of aromatic nitrogens is 1. The van der Waals surface area contributed by atoms with Gasteiger partial charge in [-0.15, -0.1) is 0 Å². The number of morpholine rings is 1. The minimum absolute atomic E-state index is 0.0558. The van der Waals surface area contributed by atoms with E-state index in [1.807, 2.05) is 18.7 Å². The van der Waals surface area contributed by atoms with Crippen LogP contribution in [0.3, 0.4) is 0 Å². The Morgan fingerprint density at radius 2 is 2.42 bits per heavy atom. The lowest BCUT2D eigenvalue weighted by Crippen LogP contribution is -2.55. The largest absolute Gasteiger partial charge is 0.396 e. The number of nitrogens with one attached hydrogen (secondary N) is 1. The molecule has 19 heavy (non-hydrogen) atoms. The second-order valence-corrected chi connectivity index (χ2v) is 4.86. The maximum Gasteiger partial charge on any atom is 0.245 e. The summed E-state index contributed by atoms with van der Waals surface area (Å²) in [5.41, 5.74) is 6.51. The Balaban J connectivity index is 2.21. The predicted octanol–water partition coefficient (Wildman–Crippen LogP) is 0.394. The highest BCUT2D eigenvalue weighted by atomic mass is 16.5. The van der Waals surface area contributed by atoms with Crippen LogP contribution in [-0.2, 0) is 9.53 Å². The Morgan fingerprint density at radius 3 is 3.11 bits per heavy atom. The molecule has 0 saturated carbocycles. The molecule has 0 aliphatic carbocycles. The van der Waals surface area contributed by atoms with Crippen molar-refractivity contribution < 1.29 is 9.53 Å². The second kappa shape index (κ2) is 5.88. The standard InChI is InChI=1S/C13H20N4O2/c1-9(2)16-13(18)11-8-19-7-6-17(11)12-10(14)4-3-5-15-12/h3-5,9,11H,6-8,14H2,1-2H3,(H,16,18). The van der Waals surface area contributed by atoms with Gasteiger partial charge in [-0.05, 0) is 26.0 Å². The van der Waals surface area contributed by atoms with Crippen molar-refractivity contribution in [2.45, 2.75) is 25.9 Å². The topological polar surface area (TPSA) is 80.5 Å². The van der Waals surface area contributed by atoms with Crippen molar-refractivity contribution >= 4 is 17.4 Å². The molecule has 0 aromatic carbocycles. The lowest BCUT2D eigenvalue weighted by Gasteiger charge is -2.36. The summed E-state index contributed by atoms with van der Waals surface area (Å²) < 4.78 is 5.41. The van der Waals surface area contributed by atoms with Crippen molar-refractivity contribution in [1.82, 2.24) is 10.3 Å². The van der Waals surface area contributed by atoms with E-state index in [0.29, 0.717) is 31.3 Å². The third kappa shape index (κ3) is 3.14. The van der Waals surface area contributed by atoms with E-state index in [-0.39, 0.29) is 18.0 Å². The van der Waals surface area contributed by atoms with Gasteiger partial charge in [0.05, 0.1) is 18.9 Å². The molecule has 1 aliphatic heterocycles. The quantitative estimate of drug-likeness (QED) is 0.825. The summed E-state index contributed by atoms with van der Waals surface area (Å²) in [5.74, 6) is 0.592. The molecule has 1 unspecified atom stereocenters. The van der Waals surface area contributed by atoms with Crippen LogP contribution in [0.5, 0.6) is 0 Å². The lowest BCUT2D eigenvalue weighted by molar-refractivity contribution is -0.125. The predicted molar refractivity (Wildman–Crippen MR) is 73.9 cm³/mol. The molecule has 1 fully saturated rings. The number of anilines is 2. The van der Waals surface area contributed by atoms with E-state index in [1.165, 1.54) is 0 Å². The SMILES string of the molecule is CC(C)NC(=O)C1COCCN1c1ncccc1N. The maximum absolute atomic E-state index is 12.2. The van der Waals surface area contributed by atoms with E-state index in [2.05, 4.69) is 10.3 Å². The molecule has 1 saturated heterocycles. The molecule has 1 amide bonds. The Hall–Kier alpha value is -1.82. The van der Waals surface area contributed by atoms with Crippen molar-refractivity contribution in [2.24, 2.45) is 0 Å². The Labute approximate surface area is 112 Å². The third-order valence-electron chi connectivity index (χ3n) is 2.95. The molecule has 1 aliphatic rings. The van der Waals surface area contributed by atoms with Gasteiger partial charge in [-0.3, -0.25) is 4.79 Å². The average Bonchev–Trinajstić information content (AvgIpc) is 2.38. The number of nitrogens with two attached hydrogens (primary N) is 1. The maximum atomic E-state index is 12.2. The molecular formula is C13H20N4O2. The molecule has 3 N–H and O–H groups in total. The van der Waals surface area contributed by atoms with Gasteiger partial charge in [-0.2, -0.15) is 0 Å². The summed E-state index contributed by atoms with van der Waals surface area (Å²) in [6.07, 6.45) is 1.68. The summed E-state index contributed by atoms with van der Waals surface area (Å²) in [6.45, 7) is 5.40. The van der Waals surface area contributed by atoms with Crippen LogP contribution in [0.25, 0.3) is 0 Å². The third-order valence-corrected chi connectivity index (χ3v) is 2.95. The number of nitrogens with zero attached hydrogens (tertiary/aromatic N) is 2. The molecule has 2 heterocycles. The van der Waals surface area contributed by atoms with Crippen molar-refractivity contribution in [3.63, 3.8) is 0 Å². The van der Waals surface area contributed by atoms with Crippen LogP contribution >= 0.6 is 0 Å². The van der Waals surface area contributed by atoms with Crippen LogP contribution in [0.4, 0.5) is 11.5 Å². The van der Waals surface area contributed by atoms with E-state index in [4.69, 9.17) is 10.5 Å². The molecule has 2 rings (SSSR count). The Morgan fingerprint density at radius 1 is 1.63 bits per heavy atom. The number of pyridine rings is 1. The average molecular weight is 264 g/mol. The zero-order valence-electron chi connectivity index (χ0n) is 11.3. The van der Waals surface area contributed by atoms with Gasteiger partial charge in [0.2, 0.25) is 5.91 Å². The first-order valence-electron chi connectivity index (χ1n) is 6.45. The van der Waals surface area contributed by atoms with Crippen molar-refractivity contribution in [3.05, 3.63) is 18.3 Å². The number of amides is 1. The smallest absolute Gasteiger partial charge is 0.245 e. The van der Waals surface area contributed by atoms with E-state index < -0.39 is 0 Å². The monoisotopic (exact) mass is 264 g/mol. The van der Waals surface area contributed by atoms with E-state index in [1.54, 1.807) is 18.3 Å². The Bertz CT molecular complexity index is 450. The number of carbonyl (C=O) groups excluding carboxylic acids is 1. The fraction of sp³-hybridized carbons (Fsp3) is 0.538. The van der Waals surface area contributed by atoms with Crippen LogP contribution in [0.15, 0.2) is 18.3 Å². The van der Waals surface area contributed by atoms with Crippen LogP contribution in [0.2, 0.25) is 0 Å². The van der Waals surface area contributed by atoms with Gasteiger partial charge in [-0.1, -0.05) is 0 Å². The number of rotatable bonds is 3. The first-order chi connectivity index (χ1) is 9.09. The fourth-order valence-electron chi connectivity index (χ4n) is 2.10. The zero-order valence-corrected chi connectivity index (χ0v) is 11.3. The number of nitrogen functional groups attached to an aromatic ring is 1. The highest BCUT2D eigenvalue weighted by molar-refractivity contribution is 5.86. The van der Waals surface area contributed by atoms with Gasteiger partial charge in [0.15, 0.2) is 5.82 Å². The van der Waals surface area contributed by atoms with Crippen molar-refractivity contribution in [2.75, 3.05) is 30.4 Å². The summed E-state index contributed by atoms with van der Waals surface area (Å²) in [4.78, 5) is 18.4. The molecule has 0 radical (unpaired) electrons. The Kier molecular flexibility index (Phi) is 4.21. The summed E-state index contributed by atoms with van der Waals surface area (Å²) in [6, 6.07) is 3.28. The highest BCUT2D eigenvalue weighted by Gasteiger charge is 2.31. The van der Waals surface area contributed by atoms with Gasteiger partial charge in [0.25, 0.3) is 0 Å². The van der Waals surface area contributed by atoms with E-state index in [0.717, 1.165) is 0 Å². The molecule has 1 aromatic rings. The highest BCUT2D eigenvalue weighted by Crippen LogP contribution is 2.23. The van der Waals surface area contributed by atoms with Crippen LogP contribution < -0.4 is 16.0 Å². The second-order valence-electron chi connectivity index (χ2n) is 4.86. The number of hydrogen-bond acceptors (Lipinski definition) is 5.